The molecule has 2 bridgehead atoms. The summed E-state index contributed by atoms with van der Waals surface area (Å²) < 4.78 is 6.30. The van der Waals surface area contributed by atoms with Gasteiger partial charge in [0, 0.05) is 44.1 Å². The van der Waals surface area contributed by atoms with Crippen molar-refractivity contribution in [3.63, 3.8) is 0 Å². The van der Waals surface area contributed by atoms with Crippen LogP contribution in [0.15, 0.2) is 54.6 Å². The van der Waals surface area contributed by atoms with E-state index in [9.17, 15) is 4.79 Å². The lowest BCUT2D eigenvalue weighted by molar-refractivity contribution is -0.168. The Bertz CT molecular complexity index is 813. The highest BCUT2D eigenvalue weighted by Crippen LogP contribution is 2.51. The predicted octanol–water partition coefficient (Wildman–Crippen LogP) is 4.02. The van der Waals surface area contributed by atoms with E-state index in [1.807, 2.05) is 19.2 Å². The van der Waals surface area contributed by atoms with Gasteiger partial charge in [0.2, 0.25) is 5.91 Å². The zero-order valence-electron chi connectivity index (χ0n) is 17.0. The Hall–Kier alpha value is -1.88. The fourth-order valence-corrected chi connectivity index (χ4v) is 5.48. The fourth-order valence-electron chi connectivity index (χ4n) is 5.48. The van der Waals surface area contributed by atoms with Crippen molar-refractivity contribution in [2.24, 2.45) is 17.6 Å². The highest BCUT2D eigenvalue weighted by Gasteiger charge is 2.53. The maximum Gasteiger partial charge on any atom is 0.248 e. The molecule has 2 aliphatic rings. The van der Waals surface area contributed by atoms with Gasteiger partial charge >= 0.3 is 0 Å². The summed E-state index contributed by atoms with van der Waals surface area (Å²) in [7, 11) is 1.84. The maximum absolute atomic E-state index is 11.7. The first-order chi connectivity index (χ1) is 13.6. The lowest BCUT2D eigenvalue weighted by atomic mass is 9.62. The minimum absolute atomic E-state index is 0. The number of ether oxygens (including phenoxy) is 1. The number of likely N-dealkylation sites (tertiary alicyclic amines) is 1. The first kappa shape index (κ1) is 21.8. The number of primary amides is 1. The molecule has 2 aromatic carbocycles. The Morgan fingerprint density at radius 3 is 2.41 bits per heavy atom. The molecule has 5 heteroatoms. The summed E-state index contributed by atoms with van der Waals surface area (Å²) >= 11 is 0. The number of carbonyl (C=O) groups is 1. The van der Waals surface area contributed by atoms with Crippen LogP contribution in [-0.2, 0) is 16.8 Å². The molecule has 4 nitrogen and oxygen atoms in total. The summed E-state index contributed by atoms with van der Waals surface area (Å²) in [6.45, 7) is 3.16. The summed E-state index contributed by atoms with van der Waals surface area (Å²) in [5, 5.41) is 0. The zero-order chi connectivity index (χ0) is 19.6. The van der Waals surface area contributed by atoms with E-state index in [1.54, 1.807) is 6.07 Å². The van der Waals surface area contributed by atoms with Gasteiger partial charge in [0.25, 0.3) is 0 Å². The van der Waals surface area contributed by atoms with Crippen LogP contribution in [0.2, 0.25) is 0 Å². The van der Waals surface area contributed by atoms with Gasteiger partial charge in [-0.05, 0) is 42.5 Å². The number of halogens is 1. The first-order valence-electron chi connectivity index (χ1n) is 10.3. The topological polar surface area (TPSA) is 55.6 Å². The van der Waals surface area contributed by atoms with Crippen molar-refractivity contribution in [3.05, 3.63) is 71.3 Å². The normalized spacial score (nSPS) is 26.5. The van der Waals surface area contributed by atoms with Crippen molar-refractivity contribution in [2.45, 2.75) is 31.3 Å². The number of nitrogens with zero attached hydrogens (tertiary/aromatic N) is 1. The molecule has 2 fully saturated rings. The molecule has 3 atom stereocenters. The van der Waals surface area contributed by atoms with Crippen LogP contribution in [0.1, 0.15) is 40.7 Å². The van der Waals surface area contributed by atoms with E-state index in [-0.39, 0.29) is 23.9 Å². The Morgan fingerprint density at radius 1 is 1.10 bits per heavy atom. The number of nitrogens with two attached hydrogens (primary N) is 1. The summed E-state index contributed by atoms with van der Waals surface area (Å²) in [6.07, 6.45) is 4.65. The summed E-state index contributed by atoms with van der Waals surface area (Å²) in [5.74, 6) is 0.492. The van der Waals surface area contributed by atoms with Crippen molar-refractivity contribution in [3.8, 4) is 0 Å². The molecule has 1 saturated heterocycles. The smallest absolute Gasteiger partial charge is 0.248 e. The monoisotopic (exact) mass is 414 g/mol. The van der Waals surface area contributed by atoms with E-state index in [0.717, 1.165) is 44.5 Å². The third-order valence-electron chi connectivity index (χ3n) is 6.77. The summed E-state index contributed by atoms with van der Waals surface area (Å²) in [5.41, 5.74) is 8.31. The van der Waals surface area contributed by atoms with Crippen LogP contribution >= 0.6 is 12.4 Å². The van der Waals surface area contributed by atoms with E-state index in [4.69, 9.17) is 10.5 Å². The number of rotatable bonds is 6. The highest BCUT2D eigenvalue weighted by atomic mass is 35.5. The Kier molecular flexibility index (Phi) is 6.99. The van der Waals surface area contributed by atoms with Crippen LogP contribution in [0.4, 0.5) is 0 Å². The van der Waals surface area contributed by atoms with Crippen LogP contribution in [0.3, 0.4) is 0 Å². The average Bonchev–Trinajstić information content (AvgIpc) is 2.72. The number of hydrogen-bond acceptors (Lipinski definition) is 3. The Morgan fingerprint density at radius 2 is 1.79 bits per heavy atom. The number of amides is 1. The Labute approximate surface area is 179 Å². The van der Waals surface area contributed by atoms with E-state index in [0.29, 0.717) is 17.4 Å². The van der Waals surface area contributed by atoms with Gasteiger partial charge in [-0.1, -0.05) is 48.9 Å². The molecule has 1 aliphatic carbocycles. The molecule has 29 heavy (non-hydrogen) atoms. The standard InChI is InChI=1S/C24H30N2O2.ClH/c1-28-24(20-10-5-9-19(15-20)23(25)27)21-11-6-12-22(24)17-26(16-21)14-13-18-7-3-2-4-8-18;/h2-5,7-10,15,21-22H,6,11-14,16-17H2,1H3,(H2,25,27);1H/t21-,22+,24?;. The zero-order valence-corrected chi connectivity index (χ0v) is 17.9. The van der Waals surface area contributed by atoms with Gasteiger partial charge in [0.1, 0.15) is 5.60 Å². The number of hydrogen-bond donors (Lipinski definition) is 1. The van der Waals surface area contributed by atoms with E-state index in [2.05, 4.69) is 41.3 Å². The van der Waals surface area contributed by atoms with Gasteiger partial charge in [0.15, 0.2) is 0 Å². The van der Waals surface area contributed by atoms with Crippen LogP contribution in [0.25, 0.3) is 0 Å². The molecule has 1 aliphatic heterocycles. The molecule has 2 aromatic rings. The van der Waals surface area contributed by atoms with Crippen LogP contribution in [0, 0.1) is 11.8 Å². The molecule has 4 rings (SSSR count). The van der Waals surface area contributed by atoms with Crippen molar-refractivity contribution in [2.75, 3.05) is 26.7 Å². The van der Waals surface area contributed by atoms with Crippen LogP contribution in [0.5, 0.6) is 0 Å². The second-order valence-electron chi connectivity index (χ2n) is 8.26. The largest absolute Gasteiger partial charge is 0.373 e. The lowest BCUT2D eigenvalue weighted by Gasteiger charge is -2.55. The van der Waals surface area contributed by atoms with Crippen molar-refractivity contribution in [1.82, 2.24) is 4.90 Å². The second kappa shape index (κ2) is 9.29. The summed E-state index contributed by atoms with van der Waals surface area (Å²) in [6, 6.07) is 18.5. The second-order valence-corrected chi connectivity index (χ2v) is 8.26. The number of benzene rings is 2. The van der Waals surface area contributed by atoms with Crippen molar-refractivity contribution >= 4 is 18.3 Å². The molecule has 2 N–H and O–H groups in total. The predicted molar refractivity (Wildman–Crippen MR) is 118 cm³/mol. The molecular weight excluding hydrogens is 384 g/mol. The van der Waals surface area contributed by atoms with Crippen molar-refractivity contribution in [1.29, 1.82) is 0 Å². The number of piperidine rings is 1. The quantitative estimate of drug-likeness (QED) is 0.776. The molecule has 0 radical (unpaired) electrons. The van der Waals surface area contributed by atoms with E-state index < -0.39 is 0 Å². The molecule has 0 aromatic heterocycles. The molecule has 0 spiro atoms. The first-order valence-corrected chi connectivity index (χ1v) is 10.3. The highest BCUT2D eigenvalue weighted by molar-refractivity contribution is 5.92. The van der Waals surface area contributed by atoms with Gasteiger partial charge in [0.05, 0.1) is 0 Å². The number of fused-ring (bicyclic) bond motifs is 2. The molecule has 1 amide bonds. The van der Waals surface area contributed by atoms with Crippen molar-refractivity contribution < 1.29 is 9.53 Å². The summed E-state index contributed by atoms with van der Waals surface area (Å²) in [4.78, 5) is 14.3. The molecule has 1 unspecified atom stereocenters. The number of methoxy groups -OCH3 is 1. The third-order valence-corrected chi connectivity index (χ3v) is 6.77. The van der Waals surface area contributed by atoms with Gasteiger partial charge in [-0.2, -0.15) is 0 Å². The van der Waals surface area contributed by atoms with E-state index in [1.165, 1.54) is 12.0 Å². The Balaban J connectivity index is 0.00000240. The average molecular weight is 415 g/mol. The van der Waals surface area contributed by atoms with Gasteiger partial charge in [-0.25, -0.2) is 0 Å². The molecule has 1 heterocycles. The SMILES string of the molecule is COC1(c2cccc(C(N)=O)c2)[C@@H]2CCC[C@H]1CN(CCc1ccccc1)C2.Cl. The third kappa shape index (κ3) is 4.20. The molecular formula is C24H31ClN2O2. The maximum atomic E-state index is 11.7. The fraction of sp³-hybridized carbons (Fsp3) is 0.458. The minimum atomic E-state index is -0.376. The molecule has 156 valence electrons. The van der Waals surface area contributed by atoms with Gasteiger partial charge in [-0.3, -0.25) is 4.79 Å². The van der Waals surface area contributed by atoms with Crippen LogP contribution < -0.4 is 5.73 Å². The molecule has 1 saturated carbocycles. The minimum Gasteiger partial charge on any atom is -0.373 e. The lowest BCUT2D eigenvalue weighted by Crippen LogP contribution is -2.59. The van der Waals surface area contributed by atoms with E-state index >= 15 is 0 Å². The van der Waals surface area contributed by atoms with Gasteiger partial charge in [-0.15, -0.1) is 12.4 Å². The van der Waals surface area contributed by atoms with Crippen LogP contribution in [-0.4, -0.2) is 37.6 Å². The number of carbonyl (C=O) groups excluding carboxylic acids is 1. The van der Waals surface area contributed by atoms with Gasteiger partial charge < -0.3 is 15.4 Å².